The molecule has 2 heterocycles. The molecule has 1 amide bonds. The van der Waals surface area contributed by atoms with E-state index in [1.807, 2.05) is 4.90 Å². The lowest BCUT2D eigenvalue weighted by Gasteiger charge is -2.39. The summed E-state index contributed by atoms with van der Waals surface area (Å²) in [6.45, 7) is 4.78. The minimum absolute atomic E-state index is 0. The second-order valence-corrected chi connectivity index (χ2v) is 7.28. The van der Waals surface area contributed by atoms with Crippen molar-refractivity contribution in [2.24, 2.45) is 10.9 Å². The van der Waals surface area contributed by atoms with E-state index < -0.39 is 12.2 Å². The van der Waals surface area contributed by atoms with Crippen LogP contribution < -0.4 is 5.32 Å². The van der Waals surface area contributed by atoms with Crippen molar-refractivity contribution in [1.82, 2.24) is 20.0 Å². The monoisotopic (exact) mass is 521 g/mol. The number of amides is 1. The maximum atomic E-state index is 12.9. The van der Waals surface area contributed by atoms with Gasteiger partial charge in [-0.05, 0) is 13.3 Å². The number of alkyl halides is 3. The zero-order valence-corrected chi connectivity index (χ0v) is 19.0. The van der Waals surface area contributed by atoms with E-state index in [9.17, 15) is 18.0 Å². The largest absolute Gasteiger partial charge is 0.403 e. The molecule has 0 saturated carbocycles. The third-order valence-electron chi connectivity index (χ3n) is 5.07. The Balaban J connectivity index is 0.00000392. The lowest BCUT2D eigenvalue weighted by atomic mass is 10.1. The molecule has 2 fully saturated rings. The van der Waals surface area contributed by atoms with Crippen LogP contribution in [0.4, 0.5) is 13.2 Å². The van der Waals surface area contributed by atoms with Crippen molar-refractivity contribution in [3.05, 3.63) is 0 Å². The molecule has 0 aromatic carbocycles. The summed E-state index contributed by atoms with van der Waals surface area (Å²) in [5.41, 5.74) is 0. The summed E-state index contributed by atoms with van der Waals surface area (Å²) in [7, 11) is 3.33. The molecule has 2 unspecified atom stereocenters. The number of carbonyl (C=O) groups excluding carboxylic acids is 1. The van der Waals surface area contributed by atoms with E-state index in [1.165, 1.54) is 16.7 Å². The van der Waals surface area contributed by atoms with Gasteiger partial charge in [0.25, 0.3) is 0 Å². The van der Waals surface area contributed by atoms with Crippen LogP contribution in [0.15, 0.2) is 4.99 Å². The maximum absolute atomic E-state index is 12.9. The predicted molar refractivity (Wildman–Crippen MR) is 112 cm³/mol. The number of piperazine rings is 1. The molecule has 0 radical (unpaired) electrons. The number of halogens is 4. The van der Waals surface area contributed by atoms with Gasteiger partial charge >= 0.3 is 6.18 Å². The van der Waals surface area contributed by atoms with Gasteiger partial charge in [0.15, 0.2) is 5.96 Å². The Kier molecular flexibility index (Phi) is 10.3. The third kappa shape index (κ3) is 7.54. The number of hydrogen-bond acceptors (Lipinski definition) is 4. The van der Waals surface area contributed by atoms with Gasteiger partial charge in [-0.1, -0.05) is 0 Å². The molecular formula is C17H31F3IN5O2. The minimum atomic E-state index is -4.22. The Bertz CT molecular complexity index is 519. The summed E-state index contributed by atoms with van der Waals surface area (Å²) in [6.07, 6.45) is -3.26. The van der Waals surface area contributed by atoms with Crippen molar-refractivity contribution in [1.29, 1.82) is 0 Å². The molecule has 2 saturated heterocycles. The Morgan fingerprint density at radius 1 is 1.29 bits per heavy atom. The molecule has 1 N–H and O–H groups in total. The SMILES string of the molecule is CC(N1CCN(C(=NCC(=O)N(C)C)NCC2CCOC2)CC1)C(F)(F)F.I. The molecule has 2 aliphatic rings. The van der Waals surface area contributed by atoms with Gasteiger partial charge in [-0.3, -0.25) is 9.69 Å². The van der Waals surface area contributed by atoms with Crippen LogP contribution in [0.1, 0.15) is 13.3 Å². The molecule has 2 atom stereocenters. The summed E-state index contributed by atoms with van der Waals surface area (Å²) in [5.74, 6) is 0.838. The van der Waals surface area contributed by atoms with Gasteiger partial charge in [0.1, 0.15) is 12.6 Å². The number of ether oxygens (including phenoxy) is 1. The second kappa shape index (κ2) is 11.4. The molecule has 0 bridgehead atoms. The van der Waals surface area contributed by atoms with Gasteiger partial charge < -0.3 is 19.9 Å². The molecule has 2 rings (SSSR count). The second-order valence-electron chi connectivity index (χ2n) is 7.28. The van der Waals surface area contributed by atoms with Crippen LogP contribution >= 0.6 is 24.0 Å². The summed E-state index contributed by atoms with van der Waals surface area (Å²) in [6, 6.07) is -1.46. The fourth-order valence-electron chi connectivity index (χ4n) is 3.06. The fraction of sp³-hybridized carbons (Fsp3) is 0.882. The van der Waals surface area contributed by atoms with Crippen molar-refractivity contribution in [3.63, 3.8) is 0 Å². The van der Waals surface area contributed by atoms with E-state index in [4.69, 9.17) is 4.74 Å². The molecule has 11 heteroatoms. The summed E-state index contributed by atoms with van der Waals surface area (Å²) < 4.78 is 44.1. The predicted octanol–water partition coefficient (Wildman–Crippen LogP) is 1.24. The standard InChI is InChI=1S/C17H30F3N5O2.HI/c1-13(17(18,19)20)24-5-7-25(8-6-24)16(22-11-15(26)23(2)3)21-10-14-4-9-27-12-14;/h13-14H,4-12H2,1-3H3,(H,21,22);1H. The van der Waals surface area contributed by atoms with E-state index in [2.05, 4.69) is 10.3 Å². The molecule has 2 aliphatic heterocycles. The number of guanidine groups is 1. The molecule has 164 valence electrons. The first-order valence-corrected chi connectivity index (χ1v) is 9.30. The highest BCUT2D eigenvalue weighted by Crippen LogP contribution is 2.25. The number of nitrogens with one attached hydrogen (secondary N) is 1. The molecule has 0 aliphatic carbocycles. The van der Waals surface area contributed by atoms with Gasteiger partial charge in [-0.2, -0.15) is 13.2 Å². The van der Waals surface area contributed by atoms with E-state index in [-0.39, 0.29) is 36.4 Å². The van der Waals surface area contributed by atoms with Crippen LogP contribution in [0.2, 0.25) is 0 Å². The number of likely N-dealkylation sites (N-methyl/N-ethyl adjacent to an activating group) is 1. The quantitative estimate of drug-likeness (QED) is 0.336. The molecule has 0 aromatic heterocycles. The number of nitrogens with zero attached hydrogens (tertiary/aromatic N) is 4. The summed E-state index contributed by atoms with van der Waals surface area (Å²) >= 11 is 0. The zero-order chi connectivity index (χ0) is 20.0. The van der Waals surface area contributed by atoms with Crippen LogP contribution in [-0.4, -0.2) is 105 Å². The Morgan fingerprint density at radius 3 is 2.43 bits per heavy atom. The van der Waals surface area contributed by atoms with E-state index in [0.717, 1.165) is 13.0 Å². The zero-order valence-electron chi connectivity index (χ0n) is 16.7. The number of rotatable bonds is 5. The molecule has 0 aromatic rings. The Hall–Kier alpha value is -0.820. The molecular weight excluding hydrogens is 490 g/mol. The van der Waals surface area contributed by atoms with E-state index in [1.54, 1.807) is 14.1 Å². The number of carbonyl (C=O) groups is 1. The normalized spacial score (nSPS) is 22.6. The Labute approximate surface area is 181 Å². The van der Waals surface area contributed by atoms with Gasteiger partial charge in [0.2, 0.25) is 5.91 Å². The first-order valence-electron chi connectivity index (χ1n) is 9.30. The van der Waals surface area contributed by atoms with Gasteiger partial charge in [-0.25, -0.2) is 4.99 Å². The highest BCUT2D eigenvalue weighted by molar-refractivity contribution is 14.0. The Morgan fingerprint density at radius 2 is 1.93 bits per heavy atom. The van der Waals surface area contributed by atoms with Crippen LogP contribution in [0, 0.1) is 5.92 Å². The highest BCUT2D eigenvalue weighted by atomic mass is 127. The topological polar surface area (TPSA) is 60.4 Å². The molecule has 7 nitrogen and oxygen atoms in total. The van der Waals surface area contributed by atoms with Crippen LogP contribution in [0.3, 0.4) is 0 Å². The summed E-state index contributed by atoms with van der Waals surface area (Å²) in [4.78, 5) is 21.1. The average molecular weight is 521 g/mol. The lowest BCUT2D eigenvalue weighted by molar-refractivity contribution is -0.181. The van der Waals surface area contributed by atoms with E-state index in [0.29, 0.717) is 51.2 Å². The maximum Gasteiger partial charge on any atom is 0.403 e. The fourth-order valence-corrected chi connectivity index (χ4v) is 3.06. The highest BCUT2D eigenvalue weighted by Gasteiger charge is 2.41. The number of hydrogen-bond donors (Lipinski definition) is 1. The third-order valence-corrected chi connectivity index (χ3v) is 5.07. The average Bonchev–Trinajstić information content (AvgIpc) is 3.13. The van der Waals surface area contributed by atoms with Crippen molar-refractivity contribution in [3.8, 4) is 0 Å². The molecule has 0 spiro atoms. The lowest BCUT2D eigenvalue weighted by Crippen LogP contribution is -2.57. The van der Waals surface area contributed by atoms with Crippen molar-refractivity contribution < 1.29 is 22.7 Å². The van der Waals surface area contributed by atoms with Gasteiger partial charge in [-0.15, -0.1) is 24.0 Å². The van der Waals surface area contributed by atoms with Crippen molar-refractivity contribution >= 4 is 35.8 Å². The number of aliphatic imine (C=N–C) groups is 1. The van der Waals surface area contributed by atoms with Crippen LogP contribution in [0.25, 0.3) is 0 Å². The van der Waals surface area contributed by atoms with Crippen LogP contribution in [-0.2, 0) is 9.53 Å². The van der Waals surface area contributed by atoms with Gasteiger partial charge in [0.05, 0.1) is 6.61 Å². The smallest absolute Gasteiger partial charge is 0.381 e. The van der Waals surface area contributed by atoms with Crippen molar-refractivity contribution in [2.75, 3.05) is 66.6 Å². The van der Waals surface area contributed by atoms with Gasteiger partial charge in [0, 0.05) is 59.3 Å². The van der Waals surface area contributed by atoms with Crippen molar-refractivity contribution in [2.45, 2.75) is 25.6 Å². The molecule has 28 heavy (non-hydrogen) atoms. The summed E-state index contributed by atoms with van der Waals surface area (Å²) in [5, 5.41) is 3.28. The first-order chi connectivity index (χ1) is 12.7. The first kappa shape index (κ1) is 25.2. The van der Waals surface area contributed by atoms with E-state index >= 15 is 0 Å². The minimum Gasteiger partial charge on any atom is -0.381 e. The van der Waals surface area contributed by atoms with Crippen LogP contribution in [0.5, 0.6) is 0 Å².